The number of sulfone groups is 2. The Bertz CT molecular complexity index is 4650. The number of carboxylic acid groups (broad SMARTS) is 1. The van der Waals surface area contributed by atoms with Crippen LogP contribution in [0.3, 0.4) is 0 Å². The monoisotopic (exact) mass is 1660 g/mol. The molecule has 0 spiro atoms. The summed E-state index contributed by atoms with van der Waals surface area (Å²) in [6, 6.07) is 31.8. The van der Waals surface area contributed by atoms with Gasteiger partial charge in [-0.05, 0) is 158 Å². The summed E-state index contributed by atoms with van der Waals surface area (Å²) in [6.07, 6.45) is 2.72. The number of halogens is 1. The summed E-state index contributed by atoms with van der Waals surface area (Å²) >= 11 is 5.47. The molecule has 107 heavy (non-hydrogen) atoms. The van der Waals surface area contributed by atoms with Crippen molar-refractivity contribution in [2.75, 3.05) is 105 Å². The number of likely N-dealkylation sites (N-methyl/N-ethyl adjacent to an activating group) is 2. The first-order valence-electron chi connectivity index (χ1n) is 33.4. The molecule has 2 fully saturated rings. The second-order valence-corrected chi connectivity index (χ2v) is 37.7. The fraction of sp³-hybridized carbons (Fsp3) is 0.464. The molecule has 2 saturated heterocycles. The highest BCUT2D eigenvalue weighted by Gasteiger charge is 2.53. The zero-order valence-corrected chi connectivity index (χ0v) is 69.2. The first-order chi connectivity index (χ1) is 49.6. The zero-order chi connectivity index (χ0) is 80.4. The van der Waals surface area contributed by atoms with E-state index in [0.29, 0.717) is 46.6 Å². The number of aromatic nitrogens is 2. The lowest BCUT2D eigenvalue weighted by molar-refractivity contribution is -0.121. The summed E-state index contributed by atoms with van der Waals surface area (Å²) in [6.45, 7) is 20.9. The normalized spacial score (nSPS) is 15.5. The van der Waals surface area contributed by atoms with Gasteiger partial charge in [0.25, 0.3) is 11.8 Å². The van der Waals surface area contributed by atoms with E-state index in [1.165, 1.54) is 0 Å². The molecule has 9 rings (SSSR count). The number of carbonyl (C=O) groups is 5. The molecule has 4 amide bonds. The number of primary sulfonamides is 2. The minimum Gasteiger partial charge on any atom is -0.478 e. The second kappa shape index (κ2) is 38.8. The number of rotatable bonds is 26. The molecular weight excluding hydrogens is 1570 g/mol. The number of fused-ring (bicyclic) bond motifs is 2. The summed E-state index contributed by atoms with van der Waals surface area (Å²) in [5.74, 6) is -3.72. The number of hydrogen-bond donors (Lipinski definition) is 6. The number of carboxylic acids is 1. The fourth-order valence-corrected chi connectivity index (χ4v) is 16.2. The highest BCUT2D eigenvalue weighted by atomic mass is 79.9. The van der Waals surface area contributed by atoms with Crippen LogP contribution in [0.1, 0.15) is 120 Å². The lowest BCUT2D eigenvalue weighted by Crippen LogP contribution is -2.41. The number of sulfonamides is 2. The van der Waals surface area contributed by atoms with Crippen molar-refractivity contribution in [1.29, 1.82) is 0 Å². The van der Waals surface area contributed by atoms with Crippen molar-refractivity contribution < 1.29 is 90.8 Å². The number of carbonyl (C=O) groups excluding carboxylic acids is 4. The highest BCUT2D eigenvalue weighted by molar-refractivity contribution is 9.10. The molecule has 4 heterocycles. The molecule has 0 bridgehead atoms. The molecule has 2 unspecified atom stereocenters. The van der Waals surface area contributed by atoms with Gasteiger partial charge >= 0.3 is 20.2 Å². The molecule has 38 heteroatoms. The molecule has 586 valence electrons. The maximum Gasteiger partial charge on any atom is 0.494 e. The maximum absolute atomic E-state index is 12.6. The van der Waals surface area contributed by atoms with Gasteiger partial charge in [0.2, 0.25) is 31.9 Å². The van der Waals surface area contributed by atoms with Crippen molar-refractivity contribution in [3.8, 4) is 11.1 Å². The highest BCUT2D eigenvalue weighted by Crippen LogP contribution is 2.39. The van der Waals surface area contributed by atoms with Crippen molar-refractivity contribution in [2.24, 2.45) is 10.3 Å². The summed E-state index contributed by atoms with van der Waals surface area (Å²) in [5, 5.41) is 23.3. The number of benzene rings is 5. The van der Waals surface area contributed by atoms with Gasteiger partial charge in [-0.3, -0.25) is 19.2 Å². The molecule has 0 radical (unpaired) electrons. The molecule has 2 aliphatic rings. The van der Waals surface area contributed by atoms with Gasteiger partial charge in [-0.15, -0.1) is 22.7 Å². The lowest BCUT2D eigenvalue weighted by Gasteiger charge is -2.32. The minimum atomic E-state index is -3.90. The van der Waals surface area contributed by atoms with E-state index in [4.69, 9.17) is 43.5 Å². The van der Waals surface area contributed by atoms with Crippen LogP contribution >= 0.6 is 38.6 Å². The van der Waals surface area contributed by atoms with Crippen LogP contribution in [0.25, 0.3) is 31.6 Å². The predicted molar refractivity (Wildman–Crippen MR) is 423 cm³/mol. The number of nitrogens with two attached hydrogens (primary N) is 2. The standard InChI is InChI=1S/C23H28N4O6S3.C17H26BNO4.C13H17BO4.C12H14BrN3O5S3.C4H11NO/c1-4-12-27(2)23(29)16-7-5-15(6-8-16)17-9-10-18-19(14-17)34-22(26-18)20(35(3,30)31)21(28)25-11-13-36(24,32)33;1-16(2)17(3,4)23-18(22-16)14-9-7-13(8-10-14)15(20)19(5)11-12-21-6;1-12(2)13(3,4)18-14(17-12)10-7-5-9(6-8-10)11(15)16;1-23(18,19)10(11(17)15-4-5-24(14,20)21)12-16-8-3-2-7(13)6-9(8)22-12;1-5-3-4-6-2/h5-10,14,20H,4,11-13H2,1-3H3,(H,25,28)(H2,24,32,33);7-10H,11-12H2,1-6H3;5-8H,1-4H3,(H,15,16);2-3,6,10H,4-5H2,1H3,(H,15,17)(H2,14,20,21);5H,3-4H2,1-2H3. The lowest BCUT2D eigenvalue weighted by atomic mass is 9.79. The van der Waals surface area contributed by atoms with Gasteiger partial charge in [0.05, 0.1) is 73.1 Å². The number of hydrogen-bond acceptors (Lipinski definition) is 24. The van der Waals surface area contributed by atoms with Crippen LogP contribution in [0.5, 0.6) is 0 Å². The molecule has 2 aromatic heterocycles. The molecule has 5 aromatic carbocycles. The number of amides is 4. The van der Waals surface area contributed by atoms with Gasteiger partial charge in [-0.25, -0.2) is 58.7 Å². The van der Waals surface area contributed by atoms with Crippen molar-refractivity contribution in [3.63, 3.8) is 0 Å². The van der Waals surface area contributed by atoms with Crippen molar-refractivity contribution in [3.05, 3.63) is 140 Å². The summed E-state index contributed by atoms with van der Waals surface area (Å²) < 4.78 is 129. The van der Waals surface area contributed by atoms with E-state index in [1.54, 1.807) is 98.8 Å². The molecule has 0 saturated carbocycles. The van der Waals surface area contributed by atoms with E-state index in [0.717, 1.165) is 86.0 Å². The van der Waals surface area contributed by atoms with E-state index in [2.05, 4.69) is 41.8 Å². The topological polar surface area (TPSA) is 418 Å². The summed E-state index contributed by atoms with van der Waals surface area (Å²) in [5.41, 5.74) is 4.53. The fourth-order valence-electron chi connectivity index (χ4n) is 9.80. The van der Waals surface area contributed by atoms with E-state index in [-0.39, 0.29) is 62.9 Å². The van der Waals surface area contributed by atoms with Crippen LogP contribution in [0.15, 0.2) is 114 Å². The first kappa shape index (κ1) is 90.9. The quantitative estimate of drug-likeness (QED) is 0.0278. The molecule has 8 N–H and O–H groups in total. The SMILES string of the molecule is CC1(C)OB(c2ccc(C(=O)O)cc2)OC1(C)C.CCCN(C)C(=O)c1ccc(-c2ccc3nc(C(C(=O)NCCS(N)(=O)=O)S(C)(=O)=O)sc3c2)cc1.CNCCOC.COCCN(C)C(=O)c1ccc(B2OC(C)(C)C(C)(C)O2)cc1.CS(=O)(=O)C(C(=O)NCCS(N)(=O)=O)c1nc2ccc(Br)cc2s1. The number of ether oxygens (including phenoxy) is 2. The van der Waals surface area contributed by atoms with Crippen LogP contribution in [0.2, 0.25) is 0 Å². The summed E-state index contributed by atoms with van der Waals surface area (Å²) in [7, 11) is -7.37. The molecular formula is C69H96B2BrN9O20S6. The van der Waals surface area contributed by atoms with Gasteiger partial charge in [-0.2, -0.15) is 0 Å². The first-order valence-corrected chi connectivity index (χ1v) is 43.1. The van der Waals surface area contributed by atoms with E-state index >= 15 is 0 Å². The zero-order valence-electron chi connectivity index (χ0n) is 62.7. The smallest absolute Gasteiger partial charge is 0.478 e. The average molecular weight is 1670 g/mol. The van der Waals surface area contributed by atoms with Crippen molar-refractivity contribution in [2.45, 2.75) is 102 Å². The van der Waals surface area contributed by atoms with Gasteiger partial charge in [-0.1, -0.05) is 65.3 Å². The third kappa shape index (κ3) is 26.8. The number of aromatic carboxylic acids is 1. The third-order valence-electron chi connectivity index (χ3n) is 17.2. The minimum absolute atomic E-state index is 0.0254. The predicted octanol–water partition coefficient (Wildman–Crippen LogP) is 5.73. The average Bonchev–Trinajstić information content (AvgIpc) is 1.73. The Kier molecular flexibility index (Phi) is 32.9. The Hall–Kier alpha value is -6.72. The van der Waals surface area contributed by atoms with Crippen LogP contribution < -0.4 is 37.2 Å². The Balaban J connectivity index is 0.000000256. The Morgan fingerprint density at radius 1 is 0.551 bits per heavy atom. The van der Waals surface area contributed by atoms with Gasteiger partial charge in [0, 0.05) is 89.1 Å². The van der Waals surface area contributed by atoms with Gasteiger partial charge < -0.3 is 58.9 Å². The number of thiazole rings is 2. The Morgan fingerprint density at radius 2 is 0.916 bits per heavy atom. The molecule has 29 nitrogen and oxygen atoms in total. The van der Waals surface area contributed by atoms with E-state index < -0.39 is 93.7 Å². The number of nitrogens with one attached hydrogen (secondary N) is 3. The maximum atomic E-state index is 12.6. The Morgan fingerprint density at radius 3 is 1.27 bits per heavy atom. The molecule has 2 atom stereocenters. The summed E-state index contributed by atoms with van der Waals surface area (Å²) in [4.78, 5) is 72.3. The van der Waals surface area contributed by atoms with Crippen molar-refractivity contribution in [1.82, 2.24) is 35.7 Å². The van der Waals surface area contributed by atoms with Crippen LogP contribution in [0, 0.1) is 0 Å². The van der Waals surface area contributed by atoms with Crippen LogP contribution in [-0.4, -0.2) is 230 Å². The number of methoxy groups -OCH3 is 2. The number of nitrogens with zero attached hydrogens (tertiary/aromatic N) is 4. The molecule has 7 aromatic rings. The van der Waals surface area contributed by atoms with Crippen LogP contribution in [-0.2, 0) is 77.4 Å². The van der Waals surface area contributed by atoms with E-state index in [1.807, 2.05) is 118 Å². The van der Waals surface area contributed by atoms with E-state index in [9.17, 15) is 57.6 Å². The molecule has 0 aliphatic carbocycles. The third-order valence-corrected chi connectivity index (χ3v) is 24.3. The van der Waals surface area contributed by atoms with Crippen molar-refractivity contribution >= 4 is 154 Å². The second-order valence-electron chi connectivity index (χ2n) is 27.0. The Labute approximate surface area is 644 Å². The largest absolute Gasteiger partial charge is 0.494 e. The van der Waals surface area contributed by atoms with Gasteiger partial charge in [0.1, 0.15) is 10.0 Å². The van der Waals surface area contributed by atoms with Gasteiger partial charge in [0.15, 0.2) is 30.2 Å². The van der Waals surface area contributed by atoms with Crippen LogP contribution in [0.4, 0.5) is 0 Å². The molecule has 2 aliphatic heterocycles.